The quantitative estimate of drug-likeness (QED) is 0.830. The van der Waals surface area contributed by atoms with Crippen molar-refractivity contribution in [1.82, 2.24) is 4.90 Å². The molecule has 1 aromatic carbocycles. The van der Waals surface area contributed by atoms with Gasteiger partial charge in [-0.1, -0.05) is 15.9 Å². The highest BCUT2D eigenvalue weighted by Gasteiger charge is 2.29. The van der Waals surface area contributed by atoms with Crippen molar-refractivity contribution in [2.24, 2.45) is 0 Å². The number of carbonyl (C=O) groups excluding carboxylic acids is 1. The fourth-order valence-electron chi connectivity index (χ4n) is 1.95. The zero-order chi connectivity index (χ0) is 13.8. The number of amides is 1. The fraction of sp³-hybridized carbons (Fsp3) is 0.385. The van der Waals surface area contributed by atoms with E-state index in [0.717, 1.165) is 10.2 Å². The van der Waals surface area contributed by atoms with Gasteiger partial charge in [-0.3, -0.25) is 4.79 Å². The van der Waals surface area contributed by atoms with Gasteiger partial charge in [0.1, 0.15) is 11.8 Å². The summed E-state index contributed by atoms with van der Waals surface area (Å²) in [6.45, 7) is 0.598. The number of nitrogens with zero attached hydrogens (tertiary/aromatic N) is 2. The number of thioether (sulfide) groups is 1. The highest BCUT2D eigenvalue weighted by atomic mass is 79.9. The maximum atomic E-state index is 12.5. The molecule has 1 unspecified atom stereocenters. The molecule has 100 valence electrons. The summed E-state index contributed by atoms with van der Waals surface area (Å²) in [7, 11) is 1.53. The lowest BCUT2D eigenvalue weighted by Crippen LogP contribution is -2.45. The van der Waals surface area contributed by atoms with E-state index in [0.29, 0.717) is 23.6 Å². The lowest BCUT2D eigenvalue weighted by atomic mass is 10.1. The van der Waals surface area contributed by atoms with Crippen LogP contribution >= 0.6 is 27.7 Å². The van der Waals surface area contributed by atoms with Crippen molar-refractivity contribution < 1.29 is 9.53 Å². The number of rotatable bonds is 2. The molecular weight excluding hydrogens is 328 g/mol. The first-order chi connectivity index (χ1) is 9.17. The van der Waals surface area contributed by atoms with Gasteiger partial charge in [-0.25, -0.2) is 0 Å². The molecule has 0 aromatic heterocycles. The Morgan fingerprint density at radius 3 is 3.11 bits per heavy atom. The van der Waals surface area contributed by atoms with Crippen molar-refractivity contribution in [3.8, 4) is 11.8 Å². The molecule has 2 rings (SSSR count). The number of halogens is 1. The summed E-state index contributed by atoms with van der Waals surface area (Å²) >= 11 is 5.05. The van der Waals surface area contributed by atoms with Crippen molar-refractivity contribution >= 4 is 33.6 Å². The summed E-state index contributed by atoms with van der Waals surface area (Å²) in [4.78, 5) is 14.2. The minimum absolute atomic E-state index is 0.142. The number of methoxy groups -OCH3 is 1. The Morgan fingerprint density at radius 2 is 2.42 bits per heavy atom. The van der Waals surface area contributed by atoms with E-state index in [9.17, 15) is 4.79 Å². The molecular formula is C13H13BrN2O2S. The Labute approximate surface area is 124 Å². The Morgan fingerprint density at radius 1 is 1.63 bits per heavy atom. The third kappa shape index (κ3) is 3.04. The fourth-order valence-corrected chi connectivity index (χ4v) is 3.26. The molecule has 0 N–H and O–H groups in total. The van der Waals surface area contributed by atoms with E-state index >= 15 is 0 Å². The number of hydrogen-bond acceptors (Lipinski definition) is 4. The average molecular weight is 341 g/mol. The van der Waals surface area contributed by atoms with Crippen LogP contribution < -0.4 is 4.74 Å². The molecule has 1 heterocycles. The Balaban J connectivity index is 2.30. The van der Waals surface area contributed by atoms with Crippen LogP contribution in [0.4, 0.5) is 0 Å². The van der Waals surface area contributed by atoms with E-state index in [-0.39, 0.29) is 11.9 Å². The van der Waals surface area contributed by atoms with Crippen LogP contribution in [0.1, 0.15) is 10.4 Å². The normalized spacial score (nSPS) is 18.8. The summed E-state index contributed by atoms with van der Waals surface area (Å²) in [5.74, 6) is 1.91. The second kappa shape index (κ2) is 6.31. The highest BCUT2D eigenvalue weighted by molar-refractivity contribution is 9.10. The first kappa shape index (κ1) is 14.2. The minimum atomic E-state index is -0.361. The third-order valence-electron chi connectivity index (χ3n) is 2.93. The summed E-state index contributed by atoms with van der Waals surface area (Å²) in [6, 6.07) is 7.11. The van der Waals surface area contributed by atoms with E-state index < -0.39 is 0 Å². The molecule has 1 fully saturated rings. The summed E-state index contributed by atoms with van der Waals surface area (Å²) in [5, 5.41) is 9.13. The van der Waals surface area contributed by atoms with Crippen LogP contribution in [-0.2, 0) is 0 Å². The van der Waals surface area contributed by atoms with Crippen LogP contribution in [0.3, 0.4) is 0 Å². The molecule has 0 radical (unpaired) electrons. The SMILES string of the molecule is COc1cc(Br)ccc1C(=O)N1CCSCC1C#N. The number of carbonyl (C=O) groups is 1. The van der Waals surface area contributed by atoms with E-state index in [2.05, 4.69) is 22.0 Å². The second-order valence-electron chi connectivity index (χ2n) is 4.06. The van der Waals surface area contributed by atoms with Crippen molar-refractivity contribution in [3.63, 3.8) is 0 Å². The van der Waals surface area contributed by atoms with Gasteiger partial charge in [0.25, 0.3) is 5.91 Å². The van der Waals surface area contributed by atoms with Crippen molar-refractivity contribution in [1.29, 1.82) is 5.26 Å². The predicted octanol–water partition coefficient (Wildman–Crippen LogP) is 2.54. The molecule has 1 aromatic rings. The number of nitriles is 1. The molecule has 6 heteroatoms. The molecule has 19 heavy (non-hydrogen) atoms. The van der Waals surface area contributed by atoms with Crippen LogP contribution in [0.15, 0.2) is 22.7 Å². The number of benzene rings is 1. The van der Waals surface area contributed by atoms with Gasteiger partial charge in [0, 0.05) is 22.5 Å². The maximum absolute atomic E-state index is 12.5. The number of ether oxygens (including phenoxy) is 1. The lowest BCUT2D eigenvalue weighted by molar-refractivity contribution is 0.0734. The van der Waals surface area contributed by atoms with Crippen molar-refractivity contribution in [3.05, 3.63) is 28.2 Å². The average Bonchev–Trinajstić information content (AvgIpc) is 2.46. The molecule has 1 saturated heterocycles. The maximum Gasteiger partial charge on any atom is 0.258 e. The molecule has 1 amide bonds. The summed E-state index contributed by atoms with van der Waals surface area (Å²) in [6.07, 6.45) is 0. The van der Waals surface area contributed by atoms with E-state index in [1.54, 1.807) is 34.9 Å². The molecule has 1 aliphatic heterocycles. The molecule has 0 bridgehead atoms. The van der Waals surface area contributed by atoms with Crippen LogP contribution in [-0.4, -0.2) is 42.0 Å². The molecule has 1 atom stereocenters. The standard InChI is InChI=1S/C13H13BrN2O2S/c1-18-12-6-9(14)2-3-11(12)13(17)16-4-5-19-8-10(16)7-15/h2-3,6,10H,4-5,8H2,1H3. The largest absolute Gasteiger partial charge is 0.496 e. The number of hydrogen-bond donors (Lipinski definition) is 0. The minimum Gasteiger partial charge on any atom is -0.496 e. The van der Waals surface area contributed by atoms with Gasteiger partial charge in [-0.05, 0) is 18.2 Å². The summed E-state index contributed by atoms with van der Waals surface area (Å²) in [5.41, 5.74) is 0.498. The van der Waals surface area contributed by atoms with Crippen molar-refractivity contribution in [2.45, 2.75) is 6.04 Å². The Hall–Kier alpha value is -1.19. The molecule has 1 aliphatic rings. The molecule has 4 nitrogen and oxygen atoms in total. The zero-order valence-electron chi connectivity index (χ0n) is 10.4. The highest BCUT2D eigenvalue weighted by Crippen LogP contribution is 2.27. The van der Waals surface area contributed by atoms with Crippen LogP contribution in [0.5, 0.6) is 5.75 Å². The first-order valence-corrected chi connectivity index (χ1v) is 7.74. The third-order valence-corrected chi connectivity index (χ3v) is 4.45. The Kier molecular flexibility index (Phi) is 4.72. The van der Waals surface area contributed by atoms with Crippen LogP contribution in [0.25, 0.3) is 0 Å². The molecule has 0 aliphatic carbocycles. The van der Waals surface area contributed by atoms with Gasteiger partial charge in [0.15, 0.2) is 0 Å². The first-order valence-electron chi connectivity index (χ1n) is 5.79. The van der Waals surface area contributed by atoms with E-state index in [4.69, 9.17) is 10.00 Å². The Bertz CT molecular complexity index is 530. The van der Waals surface area contributed by atoms with Gasteiger partial charge in [0.05, 0.1) is 18.7 Å². The smallest absolute Gasteiger partial charge is 0.258 e. The van der Waals surface area contributed by atoms with Gasteiger partial charge >= 0.3 is 0 Å². The summed E-state index contributed by atoms with van der Waals surface area (Å²) < 4.78 is 6.10. The molecule has 0 saturated carbocycles. The van der Waals surface area contributed by atoms with Gasteiger partial charge in [-0.15, -0.1) is 0 Å². The monoisotopic (exact) mass is 340 g/mol. The van der Waals surface area contributed by atoms with E-state index in [1.165, 1.54) is 7.11 Å². The van der Waals surface area contributed by atoms with Crippen LogP contribution in [0, 0.1) is 11.3 Å². The van der Waals surface area contributed by atoms with Crippen LogP contribution in [0.2, 0.25) is 0 Å². The second-order valence-corrected chi connectivity index (χ2v) is 6.13. The van der Waals surface area contributed by atoms with Gasteiger partial charge in [-0.2, -0.15) is 17.0 Å². The zero-order valence-corrected chi connectivity index (χ0v) is 12.8. The van der Waals surface area contributed by atoms with Gasteiger partial charge in [0.2, 0.25) is 0 Å². The predicted molar refractivity (Wildman–Crippen MR) is 78.5 cm³/mol. The van der Waals surface area contributed by atoms with Gasteiger partial charge < -0.3 is 9.64 Å². The topological polar surface area (TPSA) is 53.3 Å². The van der Waals surface area contributed by atoms with E-state index in [1.807, 2.05) is 0 Å². The molecule has 0 spiro atoms. The lowest BCUT2D eigenvalue weighted by Gasteiger charge is -2.31. The van der Waals surface area contributed by atoms with Crippen molar-refractivity contribution in [2.75, 3.05) is 25.2 Å².